The molecule has 3 fully saturated rings. The number of carbonyl (C=O) groups is 1. The Labute approximate surface area is 170 Å². The van der Waals surface area contributed by atoms with E-state index >= 15 is 0 Å². The quantitative estimate of drug-likeness (QED) is 0.839. The zero-order chi connectivity index (χ0) is 20.0. The Bertz CT molecular complexity index is 946. The molecular weight excluding hydrogens is 366 g/mol. The van der Waals surface area contributed by atoms with Crippen molar-refractivity contribution < 1.29 is 9.21 Å². The average Bonchev–Trinajstić information content (AvgIpc) is 3.67. The van der Waals surface area contributed by atoms with Crippen LogP contribution in [0.25, 0.3) is 0 Å². The zero-order valence-electron chi connectivity index (χ0n) is 16.6. The second kappa shape index (κ2) is 6.87. The zero-order valence-corrected chi connectivity index (χ0v) is 16.6. The molecule has 2 aromatic rings. The number of rotatable bonds is 5. The highest BCUT2D eigenvalue weighted by Crippen LogP contribution is 2.54. The number of nitriles is 1. The number of nitrogens with one attached hydrogen (secondary N) is 1. The van der Waals surface area contributed by atoms with E-state index in [9.17, 15) is 4.79 Å². The largest absolute Gasteiger partial charge is 0.408 e. The average molecular weight is 391 g/mol. The Morgan fingerprint density at radius 1 is 1.21 bits per heavy atom. The molecule has 3 aliphatic rings. The smallest absolute Gasteiger partial charge is 0.316 e. The van der Waals surface area contributed by atoms with Gasteiger partial charge in [0.1, 0.15) is 6.04 Å². The van der Waals surface area contributed by atoms with Crippen LogP contribution >= 0.6 is 0 Å². The summed E-state index contributed by atoms with van der Waals surface area (Å²) in [6.07, 6.45) is 5.89. The second-order valence-electron chi connectivity index (χ2n) is 8.82. The van der Waals surface area contributed by atoms with Crippen LogP contribution in [0.4, 0.5) is 6.01 Å². The molecule has 0 unspecified atom stereocenters. The van der Waals surface area contributed by atoms with E-state index in [2.05, 4.69) is 21.6 Å². The van der Waals surface area contributed by atoms with Crippen molar-refractivity contribution >= 4 is 11.9 Å². The summed E-state index contributed by atoms with van der Waals surface area (Å²) in [5.41, 5.74) is 2.41. The van der Waals surface area contributed by atoms with E-state index in [1.54, 1.807) is 0 Å². The highest BCUT2D eigenvalue weighted by Gasteiger charge is 2.46. The number of hydrogen-bond donors (Lipinski definition) is 1. The summed E-state index contributed by atoms with van der Waals surface area (Å²) in [5.74, 6) is 1.25. The molecule has 1 amide bonds. The van der Waals surface area contributed by atoms with Gasteiger partial charge in [0.05, 0.1) is 11.6 Å². The first-order chi connectivity index (χ1) is 14.1. The number of nitrogens with zero attached hydrogens (tertiary/aromatic N) is 4. The molecule has 29 heavy (non-hydrogen) atoms. The Kier molecular flexibility index (Phi) is 4.30. The molecule has 5 rings (SSSR count). The number of benzene rings is 1. The lowest BCUT2D eigenvalue weighted by Crippen LogP contribution is -2.45. The van der Waals surface area contributed by atoms with Crippen molar-refractivity contribution in [2.75, 3.05) is 18.4 Å². The molecule has 7 nitrogen and oxygen atoms in total. The standard InChI is InChI=1S/C22H25N5O2/c1-14(20(28)27-10-8-22(6-7-22)9-11-27)24-21-26-25-19(29-21)18-12-17(18)16-4-2-15(13-23)3-5-16/h2-5,14,17-18H,6-12H2,1H3,(H,24,26)/t14-,17-,18-/m1/s1. The lowest BCUT2D eigenvalue weighted by atomic mass is 9.93. The van der Waals surface area contributed by atoms with E-state index in [0.717, 1.165) is 32.4 Å². The molecule has 0 radical (unpaired) electrons. The summed E-state index contributed by atoms with van der Waals surface area (Å²) in [5, 5.41) is 20.3. The van der Waals surface area contributed by atoms with Crippen LogP contribution in [0.15, 0.2) is 28.7 Å². The van der Waals surface area contributed by atoms with Crippen molar-refractivity contribution in [3.8, 4) is 6.07 Å². The van der Waals surface area contributed by atoms with Crippen molar-refractivity contribution in [2.24, 2.45) is 5.41 Å². The maximum Gasteiger partial charge on any atom is 0.316 e. The SMILES string of the molecule is C[C@@H](Nc1nnc([C@@H]2C[C@@H]2c2ccc(C#N)cc2)o1)C(=O)N1CCC2(CC1)CC2. The van der Waals surface area contributed by atoms with Crippen LogP contribution in [0, 0.1) is 16.7 Å². The van der Waals surface area contributed by atoms with Gasteiger partial charge in [0, 0.05) is 19.0 Å². The number of piperidine rings is 1. The number of carbonyl (C=O) groups excluding carboxylic acids is 1. The van der Waals surface area contributed by atoms with Gasteiger partial charge in [-0.1, -0.05) is 17.2 Å². The van der Waals surface area contributed by atoms with Gasteiger partial charge in [0.25, 0.3) is 0 Å². The predicted octanol–water partition coefficient (Wildman–Crippen LogP) is 3.42. The van der Waals surface area contributed by atoms with E-state index in [-0.39, 0.29) is 17.9 Å². The molecule has 1 aromatic heterocycles. The Balaban J connectivity index is 1.16. The minimum Gasteiger partial charge on any atom is -0.408 e. The van der Waals surface area contributed by atoms with Crippen LogP contribution < -0.4 is 5.32 Å². The van der Waals surface area contributed by atoms with E-state index in [0.29, 0.717) is 28.8 Å². The normalized spacial score (nSPS) is 25.3. The molecule has 3 atom stereocenters. The van der Waals surface area contributed by atoms with Crippen LogP contribution in [0.2, 0.25) is 0 Å². The maximum atomic E-state index is 12.7. The molecule has 150 valence electrons. The van der Waals surface area contributed by atoms with Crippen LogP contribution in [0.1, 0.15) is 67.9 Å². The number of aromatic nitrogens is 2. The molecule has 2 heterocycles. The molecule has 1 spiro atoms. The van der Waals surface area contributed by atoms with Crippen molar-refractivity contribution in [2.45, 2.75) is 56.9 Å². The molecule has 1 N–H and O–H groups in total. The predicted molar refractivity (Wildman–Crippen MR) is 106 cm³/mol. The van der Waals surface area contributed by atoms with Gasteiger partial charge >= 0.3 is 6.01 Å². The van der Waals surface area contributed by atoms with Crippen molar-refractivity contribution in [1.29, 1.82) is 5.26 Å². The Hall–Kier alpha value is -2.88. The number of likely N-dealkylation sites (tertiary alicyclic amines) is 1. The van der Waals surface area contributed by atoms with E-state index < -0.39 is 0 Å². The lowest BCUT2D eigenvalue weighted by Gasteiger charge is -2.33. The van der Waals surface area contributed by atoms with Crippen LogP contribution in [-0.4, -0.2) is 40.1 Å². The third-order valence-electron chi connectivity index (χ3n) is 6.82. The monoisotopic (exact) mass is 391 g/mol. The fourth-order valence-electron chi connectivity index (χ4n) is 4.48. The topological polar surface area (TPSA) is 95.0 Å². The lowest BCUT2D eigenvalue weighted by molar-refractivity contribution is -0.133. The summed E-state index contributed by atoms with van der Waals surface area (Å²) in [4.78, 5) is 14.7. The highest BCUT2D eigenvalue weighted by molar-refractivity contribution is 5.83. The van der Waals surface area contributed by atoms with Gasteiger partial charge in [-0.05, 0) is 68.1 Å². The Morgan fingerprint density at radius 3 is 2.59 bits per heavy atom. The number of amides is 1. The van der Waals surface area contributed by atoms with Crippen LogP contribution in [-0.2, 0) is 4.79 Å². The van der Waals surface area contributed by atoms with Crippen molar-refractivity contribution in [1.82, 2.24) is 15.1 Å². The maximum absolute atomic E-state index is 12.7. The summed E-state index contributed by atoms with van der Waals surface area (Å²) < 4.78 is 5.80. The van der Waals surface area contributed by atoms with Gasteiger partial charge in [-0.3, -0.25) is 4.79 Å². The second-order valence-corrected chi connectivity index (χ2v) is 8.82. The highest BCUT2D eigenvalue weighted by atomic mass is 16.4. The summed E-state index contributed by atoms with van der Waals surface area (Å²) >= 11 is 0. The van der Waals surface area contributed by atoms with Crippen LogP contribution in [0.3, 0.4) is 0 Å². The van der Waals surface area contributed by atoms with Gasteiger partial charge < -0.3 is 14.6 Å². The minimum absolute atomic E-state index is 0.0992. The summed E-state index contributed by atoms with van der Waals surface area (Å²) in [6.45, 7) is 3.56. The van der Waals surface area contributed by atoms with E-state index in [1.165, 1.54) is 18.4 Å². The fraction of sp³-hybridized carbons (Fsp3) is 0.545. The first-order valence-electron chi connectivity index (χ1n) is 10.5. The number of hydrogen-bond acceptors (Lipinski definition) is 6. The minimum atomic E-state index is -0.384. The molecule has 0 bridgehead atoms. The Morgan fingerprint density at radius 2 is 1.93 bits per heavy atom. The first-order valence-corrected chi connectivity index (χ1v) is 10.5. The van der Waals surface area contributed by atoms with Gasteiger partial charge in [-0.15, -0.1) is 5.10 Å². The molecule has 1 aromatic carbocycles. The number of anilines is 1. The molecular formula is C22H25N5O2. The first kappa shape index (κ1) is 18.2. The van der Waals surface area contributed by atoms with Gasteiger partial charge in [0.15, 0.2) is 0 Å². The molecule has 2 saturated carbocycles. The molecule has 1 saturated heterocycles. The summed E-state index contributed by atoms with van der Waals surface area (Å²) in [6, 6.07) is 9.72. The third-order valence-corrected chi connectivity index (χ3v) is 6.82. The van der Waals surface area contributed by atoms with Gasteiger partial charge in [-0.2, -0.15) is 5.26 Å². The van der Waals surface area contributed by atoms with E-state index in [1.807, 2.05) is 36.1 Å². The fourth-order valence-corrected chi connectivity index (χ4v) is 4.48. The van der Waals surface area contributed by atoms with Crippen molar-refractivity contribution in [3.05, 3.63) is 41.3 Å². The van der Waals surface area contributed by atoms with Gasteiger partial charge in [-0.25, -0.2) is 0 Å². The van der Waals surface area contributed by atoms with Crippen LogP contribution in [0.5, 0.6) is 0 Å². The van der Waals surface area contributed by atoms with Gasteiger partial charge in [0.2, 0.25) is 11.8 Å². The molecule has 1 aliphatic heterocycles. The molecule has 7 heteroatoms. The van der Waals surface area contributed by atoms with E-state index in [4.69, 9.17) is 9.68 Å². The summed E-state index contributed by atoms with van der Waals surface area (Å²) in [7, 11) is 0. The third kappa shape index (κ3) is 3.59. The van der Waals surface area contributed by atoms with Crippen molar-refractivity contribution in [3.63, 3.8) is 0 Å². The molecule has 2 aliphatic carbocycles.